The molecule has 0 amide bonds. The Labute approximate surface area is 231 Å². The average molecular weight is 606 g/mol. The molecule has 12 heteroatoms. The van der Waals surface area contributed by atoms with Crippen molar-refractivity contribution >= 4 is 33.7 Å². The molecule has 2 aliphatic heterocycles. The van der Waals surface area contributed by atoms with Crippen LogP contribution in [0.2, 0.25) is 0 Å². The molecule has 4 N–H and O–H groups in total. The second-order valence-corrected chi connectivity index (χ2v) is 10.9. The van der Waals surface area contributed by atoms with Crippen molar-refractivity contribution in [1.29, 1.82) is 0 Å². The number of halogens is 4. The van der Waals surface area contributed by atoms with Crippen LogP contribution in [-0.4, -0.2) is 52.9 Å². The number of nitrogens with one attached hydrogen (secondary N) is 1. The quantitative estimate of drug-likeness (QED) is 0.351. The van der Waals surface area contributed by atoms with Gasteiger partial charge in [-0.3, -0.25) is 4.79 Å². The van der Waals surface area contributed by atoms with Gasteiger partial charge in [0.15, 0.2) is 0 Å². The number of alkyl halides is 3. The van der Waals surface area contributed by atoms with E-state index in [1.807, 2.05) is 4.90 Å². The van der Waals surface area contributed by atoms with Gasteiger partial charge in [-0.2, -0.15) is 23.1 Å². The topological polar surface area (TPSA) is 114 Å². The van der Waals surface area contributed by atoms with Gasteiger partial charge in [0.05, 0.1) is 0 Å². The summed E-state index contributed by atoms with van der Waals surface area (Å²) < 4.78 is 49.5. The van der Waals surface area contributed by atoms with Crippen molar-refractivity contribution in [2.45, 2.75) is 37.6 Å². The molecule has 206 valence electrons. The molecule has 1 aromatic heterocycles. The third-order valence-corrected chi connectivity index (χ3v) is 7.92. The summed E-state index contributed by atoms with van der Waals surface area (Å²) in [5.41, 5.74) is 6.71. The molecular formula is C27H27BrF3N5O3. The molecule has 2 atom stereocenters. The summed E-state index contributed by atoms with van der Waals surface area (Å²) in [7, 11) is 0. The molecule has 8 nitrogen and oxygen atoms in total. The Morgan fingerprint density at radius 3 is 2.51 bits per heavy atom. The first kappa shape index (κ1) is 27.2. The summed E-state index contributed by atoms with van der Waals surface area (Å²) in [6.07, 6.45) is -5.07. The van der Waals surface area contributed by atoms with Crippen LogP contribution in [0.4, 0.5) is 24.9 Å². The van der Waals surface area contributed by atoms with Crippen LogP contribution < -0.4 is 20.7 Å². The van der Waals surface area contributed by atoms with Gasteiger partial charge in [-0.25, -0.2) is 0 Å². The Morgan fingerprint density at radius 1 is 1.15 bits per heavy atom. The van der Waals surface area contributed by atoms with Crippen LogP contribution in [0.5, 0.6) is 5.88 Å². The third-order valence-electron chi connectivity index (χ3n) is 7.43. The van der Waals surface area contributed by atoms with Crippen molar-refractivity contribution in [1.82, 2.24) is 15.3 Å². The Hall–Kier alpha value is -3.38. The predicted molar refractivity (Wildman–Crippen MR) is 143 cm³/mol. The zero-order valence-electron chi connectivity index (χ0n) is 20.8. The second-order valence-electron chi connectivity index (χ2n) is 10.0. The number of aromatic nitrogens is 2. The lowest BCUT2D eigenvalue weighted by Crippen LogP contribution is -2.41. The molecule has 0 radical (unpaired) electrons. The smallest absolute Gasteiger partial charge is 0.429 e. The van der Waals surface area contributed by atoms with Crippen LogP contribution in [0.3, 0.4) is 0 Å². The maximum Gasteiger partial charge on any atom is 0.429 e. The summed E-state index contributed by atoms with van der Waals surface area (Å²) in [6.45, 7) is 1.72. The number of hydrogen-bond acceptors (Lipinski definition) is 7. The standard InChI is InChI=1S/C27H27BrF3N5O3/c28-17-6-7-18(19(12-17)16-4-2-1-3-5-16)23(27(29,30)31)39-22-13-21(34-25(32)35-22)36-10-8-26(9-11-36)14-20(24(37)38)33-15-26/h1-7,12-13,20,23,33H,8-11,14-15H2,(H,37,38)(H2,32,34,35)/t20?,23-/m1/s1. The number of carboxylic acids is 1. The van der Waals surface area contributed by atoms with Gasteiger partial charge >= 0.3 is 12.1 Å². The number of carboxylic acid groups (broad SMARTS) is 1. The SMILES string of the molecule is Nc1nc(O[C@H](c2ccc(Br)cc2-c2ccccc2)C(F)(F)F)cc(N2CCC3(CC2)CNC(C(=O)O)C3)n1. The molecular weight excluding hydrogens is 579 g/mol. The van der Waals surface area contributed by atoms with E-state index in [4.69, 9.17) is 10.5 Å². The highest BCUT2D eigenvalue weighted by Gasteiger charge is 2.46. The molecule has 2 fully saturated rings. The number of piperidine rings is 1. The van der Waals surface area contributed by atoms with Gasteiger partial charge in [0.2, 0.25) is 17.9 Å². The van der Waals surface area contributed by atoms with E-state index in [1.54, 1.807) is 42.5 Å². The number of anilines is 2. The van der Waals surface area contributed by atoms with E-state index in [1.165, 1.54) is 12.1 Å². The molecule has 5 rings (SSSR count). The van der Waals surface area contributed by atoms with Crippen LogP contribution >= 0.6 is 15.9 Å². The second kappa shape index (κ2) is 10.6. The molecule has 2 aromatic carbocycles. The van der Waals surface area contributed by atoms with Crippen LogP contribution in [0.25, 0.3) is 11.1 Å². The molecule has 2 aliphatic rings. The van der Waals surface area contributed by atoms with E-state index in [2.05, 4.69) is 31.2 Å². The first-order valence-corrected chi connectivity index (χ1v) is 13.3. The minimum atomic E-state index is -4.75. The van der Waals surface area contributed by atoms with Crippen molar-refractivity contribution in [3.63, 3.8) is 0 Å². The largest absolute Gasteiger partial charge is 0.480 e. The van der Waals surface area contributed by atoms with Gasteiger partial charge in [0.25, 0.3) is 0 Å². The molecule has 0 bridgehead atoms. The van der Waals surface area contributed by atoms with E-state index in [-0.39, 0.29) is 22.8 Å². The number of aliphatic carboxylic acids is 1. The highest BCUT2D eigenvalue weighted by molar-refractivity contribution is 9.10. The fourth-order valence-corrected chi connectivity index (χ4v) is 5.75. The number of nitrogen functional groups attached to an aromatic ring is 1. The van der Waals surface area contributed by atoms with E-state index in [9.17, 15) is 23.1 Å². The van der Waals surface area contributed by atoms with Crippen LogP contribution in [0.15, 0.2) is 59.1 Å². The van der Waals surface area contributed by atoms with Gasteiger partial charge in [-0.1, -0.05) is 52.3 Å². The van der Waals surface area contributed by atoms with Crippen LogP contribution in [0.1, 0.15) is 30.9 Å². The van der Waals surface area contributed by atoms with E-state index in [0.29, 0.717) is 60.3 Å². The van der Waals surface area contributed by atoms with Gasteiger partial charge in [-0.05, 0) is 47.9 Å². The van der Waals surface area contributed by atoms with Crippen molar-refractivity contribution in [3.05, 3.63) is 64.6 Å². The van der Waals surface area contributed by atoms with Crippen molar-refractivity contribution in [2.24, 2.45) is 5.41 Å². The van der Waals surface area contributed by atoms with Crippen LogP contribution in [-0.2, 0) is 4.79 Å². The fraction of sp³-hybridized carbons (Fsp3) is 0.370. The van der Waals surface area contributed by atoms with Crippen LogP contribution in [0, 0.1) is 5.41 Å². The third kappa shape index (κ3) is 5.96. The molecule has 3 heterocycles. The molecule has 0 saturated carbocycles. The molecule has 2 saturated heterocycles. The summed E-state index contributed by atoms with van der Waals surface area (Å²) >= 11 is 3.36. The Morgan fingerprint density at radius 2 is 1.87 bits per heavy atom. The summed E-state index contributed by atoms with van der Waals surface area (Å²) in [4.78, 5) is 21.5. The zero-order valence-corrected chi connectivity index (χ0v) is 22.4. The van der Waals surface area contributed by atoms with E-state index in [0.717, 1.165) is 0 Å². The van der Waals surface area contributed by atoms with E-state index >= 15 is 0 Å². The lowest BCUT2D eigenvalue weighted by atomic mass is 9.76. The monoisotopic (exact) mass is 605 g/mol. The average Bonchev–Trinajstić information content (AvgIpc) is 3.31. The summed E-state index contributed by atoms with van der Waals surface area (Å²) in [6, 6.07) is 14.2. The van der Waals surface area contributed by atoms with Crippen molar-refractivity contribution in [3.8, 4) is 17.0 Å². The number of carbonyl (C=O) groups is 1. The van der Waals surface area contributed by atoms with Gasteiger partial charge in [-0.15, -0.1) is 0 Å². The van der Waals surface area contributed by atoms with Gasteiger partial charge < -0.3 is 25.8 Å². The number of hydrogen-bond donors (Lipinski definition) is 3. The first-order chi connectivity index (χ1) is 18.5. The Kier molecular flexibility index (Phi) is 7.43. The predicted octanol–water partition coefficient (Wildman–Crippen LogP) is 5.20. The number of nitrogens with two attached hydrogens (primary N) is 1. The number of nitrogens with zero attached hydrogens (tertiary/aromatic N) is 3. The van der Waals surface area contributed by atoms with Crippen molar-refractivity contribution < 1.29 is 27.8 Å². The molecule has 0 aliphatic carbocycles. The lowest BCUT2D eigenvalue weighted by Gasteiger charge is -2.39. The summed E-state index contributed by atoms with van der Waals surface area (Å²) in [5, 5.41) is 12.4. The van der Waals surface area contributed by atoms with Crippen molar-refractivity contribution in [2.75, 3.05) is 30.3 Å². The lowest BCUT2D eigenvalue weighted by molar-refractivity contribution is -0.198. The Bertz CT molecular complexity index is 1350. The minimum Gasteiger partial charge on any atom is -0.480 e. The van der Waals surface area contributed by atoms with E-state index < -0.39 is 24.3 Å². The Balaban J connectivity index is 1.40. The highest BCUT2D eigenvalue weighted by Crippen LogP contribution is 2.43. The number of ether oxygens (including phenoxy) is 1. The maximum absolute atomic E-state index is 14.4. The fourth-order valence-electron chi connectivity index (χ4n) is 5.39. The van der Waals surface area contributed by atoms with Gasteiger partial charge in [0, 0.05) is 35.7 Å². The zero-order chi connectivity index (χ0) is 27.8. The first-order valence-electron chi connectivity index (χ1n) is 12.5. The molecule has 1 spiro atoms. The normalized spacial score (nSPS) is 19.7. The number of rotatable bonds is 6. The van der Waals surface area contributed by atoms with Gasteiger partial charge in [0.1, 0.15) is 11.9 Å². The maximum atomic E-state index is 14.4. The molecule has 1 unspecified atom stereocenters. The highest BCUT2D eigenvalue weighted by atomic mass is 79.9. The minimum absolute atomic E-state index is 0.0581. The summed E-state index contributed by atoms with van der Waals surface area (Å²) in [5.74, 6) is -0.972. The molecule has 3 aromatic rings. The number of benzene rings is 2. The molecule has 39 heavy (non-hydrogen) atoms.